The summed E-state index contributed by atoms with van der Waals surface area (Å²) in [5.41, 5.74) is 3.63. The van der Waals surface area contributed by atoms with Crippen molar-refractivity contribution in [3.8, 4) is 11.1 Å². The topological polar surface area (TPSA) is 0 Å². The number of hydrogen-bond donors (Lipinski definition) is 0. The van der Waals surface area contributed by atoms with Crippen LogP contribution in [0, 0.1) is 0 Å². The highest BCUT2D eigenvalue weighted by molar-refractivity contribution is 6.08. The van der Waals surface area contributed by atoms with Crippen LogP contribution in [0.3, 0.4) is 0 Å². The van der Waals surface area contributed by atoms with E-state index in [0.29, 0.717) is 0 Å². The first-order chi connectivity index (χ1) is 10.8. The van der Waals surface area contributed by atoms with Gasteiger partial charge in [-0.3, -0.25) is 0 Å². The molecule has 0 bridgehead atoms. The van der Waals surface area contributed by atoms with Gasteiger partial charge in [-0.2, -0.15) is 0 Å². The molecule has 0 radical (unpaired) electrons. The van der Waals surface area contributed by atoms with Crippen molar-refractivity contribution in [3.63, 3.8) is 0 Å². The molecule has 0 aliphatic heterocycles. The van der Waals surface area contributed by atoms with Crippen LogP contribution in [0.15, 0.2) is 85.4 Å². The van der Waals surface area contributed by atoms with Crippen molar-refractivity contribution in [1.82, 2.24) is 0 Å². The van der Waals surface area contributed by atoms with Crippen molar-refractivity contribution in [2.24, 2.45) is 0 Å². The van der Waals surface area contributed by atoms with Gasteiger partial charge < -0.3 is 0 Å². The third-order valence-corrected chi connectivity index (χ3v) is 4.23. The molecule has 0 aliphatic rings. The summed E-state index contributed by atoms with van der Waals surface area (Å²) in [5, 5.41) is 5.19. The first-order valence-corrected chi connectivity index (χ1v) is 7.49. The van der Waals surface area contributed by atoms with E-state index in [9.17, 15) is 0 Å². The fourth-order valence-electron chi connectivity index (χ4n) is 2.99. The molecule has 0 N–H and O–H groups in total. The highest BCUT2D eigenvalue weighted by Crippen LogP contribution is 2.30. The normalized spacial score (nSPS) is 10.9. The molecule has 0 saturated heterocycles. The maximum absolute atomic E-state index is 3.81. The number of rotatable bonds is 2. The summed E-state index contributed by atoms with van der Waals surface area (Å²) in [7, 11) is 0. The van der Waals surface area contributed by atoms with Gasteiger partial charge in [0, 0.05) is 0 Å². The fourth-order valence-corrected chi connectivity index (χ4v) is 2.99. The Morgan fingerprint density at radius 3 is 2.00 bits per heavy atom. The van der Waals surface area contributed by atoms with Gasteiger partial charge in [0.25, 0.3) is 0 Å². The molecule has 104 valence electrons. The van der Waals surface area contributed by atoms with Crippen LogP contribution in [0.5, 0.6) is 0 Å². The Hall–Kier alpha value is -2.86. The van der Waals surface area contributed by atoms with Crippen LogP contribution in [0.1, 0.15) is 5.56 Å². The van der Waals surface area contributed by atoms with Crippen LogP contribution in [0.4, 0.5) is 0 Å². The molecule has 0 spiro atoms. The zero-order chi connectivity index (χ0) is 14.9. The summed E-state index contributed by atoms with van der Waals surface area (Å²) in [5.74, 6) is 0. The van der Waals surface area contributed by atoms with Gasteiger partial charge in [0.05, 0.1) is 0 Å². The van der Waals surface area contributed by atoms with E-state index >= 15 is 0 Å². The molecule has 0 nitrogen and oxygen atoms in total. The highest BCUT2D eigenvalue weighted by atomic mass is 14.1. The summed E-state index contributed by atoms with van der Waals surface area (Å²) in [6, 6.07) is 28.2. The predicted molar refractivity (Wildman–Crippen MR) is 97.0 cm³/mol. The van der Waals surface area contributed by atoms with Crippen LogP contribution in [0.25, 0.3) is 38.7 Å². The van der Waals surface area contributed by atoms with Crippen molar-refractivity contribution < 1.29 is 0 Å². The predicted octanol–water partition coefficient (Wildman–Crippen LogP) is 6.30. The van der Waals surface area contributed by atoms with Gasteiger partial charge in [-0.1, -0.05) is 85.5 Å². The molecule has 22 heavy (non-hydrogen) atoms. The monoisotopic (exact) mass is 280 g/mol. The second kappa shape index (κ2) is 5.16. The minimum atomic E-state index is 1.15. The molecule has 0 atom stereocenters. The average Bonchev–Trinajstić information content (AvgIpc) is 2.61. The number of hydrogen-bond acceptors (Lipinski definition) is 0. The van der Waals surface area contributed by atoms with E-state index in [4.69, 9.17) is 0 Å². The van der Waals surface area contributed by atoms with Gasteiger partial charge >= 0.3 is 0 Å². The van der Waals surface area contributed by atoms with Crippen LogP contribution < -0.4 is 0 Å². The van der Waals surface area contributed by atoms with Crippen LogP contribution >= 0.6 is 0 Å². The first-order valence-electron chi connectivity index (χ1n) is 7.49. The largest absolute Gasteiger partial charge is 0.0985 e. The molecule has 4 rings (SSSR count). The zero-order valence-electron chi connectivity index (χ0n) is 12.3. The molecular weight excluding hydrogens is 264 g/mol. The van der Waals surface area contributed by atoms with E-state index < -0.39 is 0 Å². The van der Waals surface area contributed by atoms with E-state index in [-0.39, 0.29) is 0 Å². The second-order valence-corrected chi connectivity index (χ2v) is 5.55. The first kappa shape index (κ1) is 12.8. The lowest BCUT2D eigenvalue weighted by Crippen LogP contribution is -1.82. The molecule has 0 fully saturated rings. The Balaban J connectivity index is 1.95. The lowest BCUT2D eigenvalue weighted by Gasteiger charge is -2.08. The van der Waals surface area contributed by atoms with Crippen molar-refractivity contribution in [2.75, 3.05) is 0 Å². The maximum Gasteiger partial charge on any atom is -0.00992 e. The van der Waals surface area contributed by atoms with E-state index in [1.165, 1.54) is 32.7 Å². The van der Waals surface area contributed by atoms with E-state index in [1.807, 2.05) is 6.08 Å². The Labute approximate surface area is 130 Å². The minimum Gasteiger partial charge on any atom is -0.0985 e. The van der Waals surface area contributed by atoms with Gasteiger partial charge in [-0.25, -0.2) is 0 Å². The number of benzene rings is 4. The summed E-state index contributed by atoms with van der Waals surface area (Å²) < 4.78 is 0. The van der Waals surface area contributed by atoms with Crippen molar-refractivity contribution in [3.05, 3.63) is 91.0 Å². The average molecular weight is 280 g/mol. The van der Waals surface area contributed by atoms with E-state index in [2.05, 4.69) is 85.4 Å². The molecule has 4 aromatic carbocycles. The third kappa shape index (κ3) is 2.10. The fraction of sp³-hybridized carbons (Fsp3) is 0. The minimum absolute atomic E-state index is 1.15. The van der Waals surface area contributed by atoms with Crippen LogP contribution in [-0.2, 0) is 0 Å². The van der Waals surface area contributed by atoms with Gasteiger partial charge in [0.2, 0.25) is 0 Å². The Morgan fingerprint density at radius 1 is 0.591 bits per heavy atom. The van der Waals surface area contributed by atoms with E-state index in [1.54, 1.807) is 0 Å². The zero-order valence-corrected chi connectivity index (χ0v) is 12.3. The third-order valence-electron chi connectivity index (χ3n) is 4.23. The summed E-state index contributed by atoms with van der Waals surface area (Å²) in [4.78, 5) is 0. The van der Waals surface area contributed by atoms with Crippen molar-refractivity contribution in [1.29, 1.82) is 0 Å². The molecule has 0 amide bonds. The van der Waals surface area contributed by atoms with Gasteiger partial charge in [0.1, 0.15) is 0 Å². The number of fused-ring (bicyclic) bond motifs is 3. The Bertz CT molecular complexity index is 976. The highest BCUT2D eigenvalue weighted by Gasteiger charge is 2.03. The quantitative estimate of drug-likeness (QED) is 0.378. The lowest BCUT2D eigenvalue weighted by atomic mass is 9.97. The summed E-state index contributed by atoms with van der Waals surface area (Å²) >= 11 is 0. The standard InChI is InChI=1S/C22H16/c1-2-16-7-9-17(10-8-16)20-14-13-19-12-11-18-5-3-4-6-21(18)22(19)15-20/h2-15H,1H2. The summed E-state index contributed by atoms with van der Waals surface area (Å²) in [6.07, 6.45) is 1.87. The van der Waals surface area contributed by atoms with Crippen LogP contribution in [0.2, 0.25) is 0 Å². The Kier molecular flexibility index (Phi) is 3.01. The van der Waals surface area contributed by atoms with Gasteiger partial charge in [-0.15, -0.1) is 0 Å². The second-order valence-electron chi connectivity index (χ2n) is 5.55. The van der Waals surface area contributed by atoms with E-state index in [0.717, 1.165) is 5.56 Å². The van der Waals surface area contributed by atoms with Gasteiger partial charge in [-0.05, 0) is 44.3 Å². The molecule has 0 heteroatoms. The lowest BCUT2D eigenvalue weighted by molar-refractivity contribution is 1.62. The smallest absolute Gasteiger partial charge is 0.00992 e. The SMILES string of the molecule is C=Cc1ccc(-c2ccc3ccc4ccccc4c3c2)cc1. The Morgan fingerprint density at radius 2 is 1.23 bits per heavy atom. The molecule has 0 aromatic heterocycles. The van der Waals surface area contributed by atoms with Crippen molar-refractivity contribution in [2.45, 2.75) is 0 Å². The molecule has 0 saturated carbocycles. The van der Waals surface area contributed by atoms with Crippen LogP contribution in [-0.4, -0.2) is 0 Å². The maximum atomic E-state index is 3.81. The molecular formula is C22H16. The molecule has 0 unspecified atom stereocenters. The van der Waals surface area contributed by atoms with Crippen molar-refractivity contribution >= 4 is 27.6 Å². The molecule has 0 aliphatic carbocycles. The molecule has 0 heterocycles. The summed E-state index contributed by atoms with van der Waals surface area (Å²) in [6.45, 7) is 3.81. The van der Waals surface area contributed by atoms with Gasteiger partial charge in [0.15, 0.2) is 0 Å². The molecule has 4 aromatic rings.